The molecule has 9 heteroatoms. The third-order valence-electron chi connectivity index (χ3n) is 3.74. The van der Waals surface area contributed by atoms with E-state index in [1.807, 2.05) is 0 Å². The third kappa shape index (κ3) is 6.85. The summed E-state index contributed by atoms with van der Waals surface area (Å²) in [6, 6.07) is 4.90. The van der Waals surface area contributed by atoms with Crippen LogP contribution in [-0.4, -0.2) is 39.6 Å². The van der Waals surface area contributed by atoms with Crippen LogP contribution >= 0.6 is 22.6 Å². The van der Waals surface area contributed by atoms with Crippen LogP contribution in [0, 0.1) is 3.57 Å². The Bertz CT molecular complexity index is 1010. The van der Waals surface area contributed by atoms with E-state index in [2.05, 4.69) is 22.6 Å². The molecule has 0 spiro atoms. The van der Waals surface area contributed by atoms with Crippen LogP contribution in [0.15, 0.2) is 24.4 Å². The lowest BCUT2D eigenvalue weighted by Crippen LogP contribution is -2.43. The Morgan fingerprint density at radius 2 is 1.28 bits per heavy atom. The number of halogens is 1. The van der Waals surface area contributed by atoms with E-state index in [0.29, 0.717) is 5.52 Å². The molecule has 0 aliphatic heterocycles. The highest BCUT2D eigenvalue weighted by Gasteiger charge is 2.33. The first-order valence-electron chi connectivity index (χ1n) is 10.2. The van der Waals surface area contributed by atoms with Crippen LogP contribution in [0.2, 0.25) is 0 Å². The summed E-state index contributed by atoms with van der Waals surface area (Å²) in [6.07, 6.45) is -0.676. The molecular formula is C23H31IN2O6. The molecule has 0 saturated carbocycles. The number of carbonyl (C=O) groups excluding carboxylic acids is 3. The van der Waals surface area contributed by atoms with Gasteiger partial charge in [0.2, 0.25) is 0 Å². The molecule has 0 aliphatic rings. The highest BCUT2D eigenvalue weighted by molar-refractivity contribution is 14.1. The van der Waals surface area contributed by atoms with Gasteiger partial charge in [-0.2, -0.15) is 4.90 Å². The average Bonchev–Trinajstić information content (AvgIpc) is 2.86. The van der Waals surface area contributed by atoms with E-state index >= 15 is 0 Å². The van der Waals surface area contributed by atoms with Crippen LogP contribution in [0.3, 0.4) is 0 Å². The molecule has 32 heavy (non-hydrogen) atoms. The van der Waals surface area contributed by atoms with Crippen LogP contribution in [-0.2, 0) is 14.2 Å². The Kier molecular flexibility index (Phi) is 7.23. The zero-order valence-corrected chi connectivity index (χ0v) is 22.2. The van der Waals surface area contributed by atoms with Gasteiger partial charge < -0.3 is 14.2 Å². The molecule has 0 radical (unpaired) electrons. The monoisotopic (exact) mass is 558 g/mol. The van der Waals surface area contributed by atoms with E-state index in [1.165, 1.54) is 4.57 Å². The summed E-state index contributed by atoms with van der Waals surface area (Å²) in [4.78, 5) is 39.5. The molecule has 0 atom stereocenters. The number of aromatic nitrogens is 1. The molecule has 176 valence electrons. The quantitative estimate of drug-likeness (QED) is 0.286. The van der Waals surface area contributed by atoms with Gasteiger partial charge in [0.1, 0.15) is 16.8 Å². The van der Waals surface area contributed by atoms with Crippen molar-refractivity contribution in [2.24, 2.45) is 0 Å². The van der Waals surface area contributed by atoms with Gasteiger partial charge in [0.05, 0.1) is 11.2 Å². The molecular weight excluding hydrogens is 527 g/mol. The highest BCUT2D eigenvalue weighted by atomic mass is 127. The smallest absolute Gasteiger partial charge is 0.424 e. The summed E-state index contributed by atoms with van der Waals surface area (Å²) >= 11 is 2.12. The maximum atomic E-state index is 12.9. The number of nitrogens with zero attached hydrogens (tertiary/aromatic N) is 2. The van der Waals surface area contributed by atoms with Gasteiger partial charge in [0.15, 0.2) is 0 Å². The van der Waals surface area contributed by atoms with E-state index in [9.17, 15) is 14.4 Å². The first-order chi connectivity index (χ1) is 14.4. The fourth-order valence-electron chi connectivity index (χ4n) is 2.68. The standard InChI is InChI=1S/C23H31IN2O6/c1-21(2,3)30-18(27)25-13-16(24)15-11-10-14(12-17(15)25)26(19(28)31-22(4,5)6)20(29)32-23(7,8)9/h10-13H,1-9H3. The van der Waals surface area contributed by atoms with Crippen LogP contribution in [0.1, 0.15) is 62.3 Å². The first kappa shape index (κ1) is 26.0. The van der Waals surface area contributed by atoms with Crippen molar-refractivity contribution < 1.29 is 28.6 Å². The number of amides is 2. The second-order valence-corrected chi connectivity index (χ2v) is 11.5. The Labute approximate surface area is 202 Å². The fraction of sp³-hybridized carbons (Fsp3) is 0.522. The normalized spacial score (nSPS) is 12.4. The van der Waals surface area contributed by atoms with Gasteiger partial charge in [0.25, 0.3) is 0 Å². The molecule has 0 N–H and O–H groups in total. The van der Waals surface area contributed by atoms with E-state index in [1.54, 1.807) is 86.7 Å². The van der Waals surface area contributed by atoms with Crippen molar-refractivity contribution >= 4 is 57.5 Å². The maximum absolute atomic E-state index is 12.9. The number of benzene rings is 1. The Morgan fingerprint density at radius 1 is 0.812 bits per heavy atom. The van der Waals surface area contributed by atoms with Gasteiger partial charge >= 0.3 is 18.3 Å². The Hall–Kier alpha value is -2.30. The molecule has 1 heterocycles. The molecule has 2 amide bonds. The minimum Gasteiger partial charge on any atom is -0.443 e. The molecule has 0 aliphatic carbocycles. The van der Waals surface area contributed by atoms with Crippen molar-refractivity contribution in [3.63, 3.8) is 0 Å². The summed E-state index contributed by atoms with van der Waals surface area (Å²) in [7, 11) is 0. The molecule has 8 nitrogen and oxygen atoms in total. The van der Waals surface area contributed by atoms with Crippen LogP contribution < -0.4 is 4.90 Å². The number of hydrogen-bond acceptors (Lipinski definition) is 6. The Balaban J connectivity index is 2.60. The third-order valence-corrected chi connectivity index (χ3v) is 4.60. The summed E-state index contributed by atoms with van der Waals surface area (Å²) in [6.45, 7) is 15.6. The van der Waals surface area contributed by atoms with Crippen molar-refractivity contribution in [1.82, 2.24) is 4.57 Å². The second-order valence-electron chi connectivity index (χ2n) is 10.3. The topological polar surface area (TPSA) is 87.1 Å². The minimum absolute atomic E-state index is 0.209. The van der Waals surface area contributed by atoms with E-state index in [4.69, 9.17) is 14.2 Å². The zero-order valence-electron chi connectivity index (χ0n) is 20.0. The molecule has 0 unspecified atom stereocenters. The number of rotatable bonds is 1. The summed E-state index contributed by atoms with van der Waals surface area (Å²) < 4.78 is 18.5. The van der Waals surface area contributed by atoms with Gasteiger partial charge in [-0.05, 0) is 103 Å². The zero-order chi connectivity index (χ0) is 24.6. The largest absolute Gasteiger partial charge is 0.443 e. The predicted molar refractivity (Wildman–Crippen MR) is 131 cm³/mol. The first-order valence-corrected chi connectivity index (χ1v) is 11.3. The number of carbonyl (C=O) groups is 3. The van der Waals surface area contributed by atoms with Crippen molar-refractivity contribution in [3.05, 3.63) is 28.0 Å². The summed E-state index contributed by atoms with van der Waals surface area (Å²) in [5.74, 6) is 0. The second kappa shape index (κ2) is 8.92. The molecule has 2 rings (SSSR count). The molecule has 0 bridgehead atoms. The van der Waals surface area contributed by atoms with E-state index in [-0.39, 0.29) is 5.69 Å². The molecule has 1 aromatic carbocycles. The molecule has 0 saturated heterocycles. The lowest BCUT2D eigenvalue weighted by atomic mass is 10.2. The number of ether oxygens (including phenoxy) is 3. The minimum atomic E-state index is -0.879. The lowest BCUT2D eigenvalue weighted by Gasteiger charge is -2.28. The van der Waals surface area contributed by atoms with Crippen LogP contribution in [0.5, 0.6) is 0 Å². The van der Waals surface area contributed by atoms with E-state index in [0.717, 1.165) is 13.9 Å². The predicted octanol–water partition coefficient (Wildman–Crippen LogP) is 6.71. The molecule has 2 aromatic rings. The van der Waals surface area contributed by atoms with Crippen molar-refractivity contribution in [2.75, 3.05) is 4.90 Å². The van der Waals surface area contributed by atoms with Gasteiger partial charge in [-0.15, -0.1) is 0 Å². The lowest BCUT2D eigenvalue weighted by molar-refractivity contribution is 0.0429. The number of anilines is 1. The number of imide groups is 1. The Morgan fingerprint density at radius 3 is 1.72 bits per heavy atom. The SMILES string of the molecule is CC(C)(C)OC(=O)N(C(=O)OC(C)(C)C)c1ccc2c(I)cn(C(=O)OC(C)(C)C)c2c1. The maximum Gasteiger partial charge on any atom is 0.424 e. The fourth-order valence-corrected chi connectivity index (χ4v) is 3.41. The van der Waals surface area contributed by atoms with Crippen molar-refractivity contribution in [2.45, 2.75) is 79.1 Å². The molecule has 0 fully saturated rings. The summed E-state index contributed by atoms with van der Waals surface area (Å²) in [5.41, 5.74) is -1.64. The highest BCUT2D eigenvalue weighted by Crippen LogP contribution is 2.30. The number of fused-ring (bicyclic) bond motifs is 1. The number of hydrogen-bond donors (Lipinski definition) is 0. The van der Waals surface area contributed by atoms with Gasteiger partial charge in [-0.3, -0.25) is 4.57 Å². The van der Waals surface area contributed by atoms with Gasteiger partial charge in [0, 0.05) is 15.2 Å². The average molecular weight is 558 g/mol. The van der Waals surface area contributed by atoms with Crippen molar-refractivity contribution in [3.8, 4) is 0 Å². The van der Waals surface area contributed by atoms with E-state index < -0.39 is 35.1 Å². The van der Waals surface area contributed by atoms with Crippen LogP contribution in [0.4, 0.5) is 20.1 Å². The molecule has 1 aromatic heterocycles. The van der Waals surface area contributed by atoms with Crippen LogP contribution in [0.25, 0.3) is 10.9 Å². The van der Waals surface area contributed by atoms with Gasteiger partial charge in [-0.25, -0.2) is 14.4 Å². The van der Waals surface area contributed by atoms with Crippen molar-refractivity contribution in [1.29, 1.82) is 0 Å². The summed E-state index contributed by atoms with van der Waals surface area (Å²) in [5, 5.41) is 0.772. The van der Waals surface area contributed by atoms with Gasteiger partial charge in [-0.1, -0.05) is 0 Å².